The molecule has 0 aliphatic carbocycles. The minimum Gasteiger partial charge on any atom is -0.326 e. The fraction of sp³-hybridized carbons (Fsp3) is 0.294. The summed E-state index contributed by atoms with van der Waals surface area (Å²) in [4.78, 5) is 9.38. The van der Waals surface area contributed by atoms with Crippen LogP contribution in [0.2, 0.25) is 0 Å². The first-order valence-electron chi connectivity index (χ1n) is 7.28. The first-order valence-corrected chi connectivity index (χ1v) is 7.28. The summed E-state index contributed by atoms with van der Waals surface area (Å²) < 4.78 is 2.23. The van der Waals surface area contributed by atoms with Crippen molar-refractivity contribution in [1.29, 1.82) is 0 Å². The van der Waals surface area contributed by atoms with E-state index in [9.17, 15) is 0 Å². The van der Waals surface area contributed by atoms with Crippen LogP contribution in [0, 0.1) is 13.8 Å². The van der Waals surface area contributed by atoms with Crippen LogP contribution in [0.5, 0.6) is 0 Å². The topological polar surface area (TPSA) is 56.7 Å². The van der Waals surface area contributed by atoms with Gasteiger partial charge in [-0.2, -0.15) is 0 Å². The molecule has 4 nitrogen and oxygen atoms in total. The molecule has 3 aromatic rings. The minimum absolute atomic E-state index is 0.537. The van der Waals surface area contributed by atoms with Crippen LogP contribution in [-0.2, 0) is 13.1 Å². The second kappa shape index (κ2) is 5.30. The maximum atomic E-state index is 5.73. The summed E-state index contributed by atoms with van der Waals surface area (Å²) in [7, 11) is 0. The van der Waals surface area contributed by atoms with Crippen LogP contribution in [0.4, 0.5) is 0 Å². The standard InChI is InChI=1S/C17H20N4/c1-4-21-16-8-6-13(10-18)9-15(16)20-17(21)14-7-5-11(2)19-12(14)3/h5-9H,4,10,18H2,1-3H3. The van der Waals surface area contributed by atoms with Crippen LogP contribution >= 0.6 is 0 Å². The number of nitrogens with zero attached hydrogens (tertiary/aromatic N) is 3. The van der Waals surface area contributed by atoms with E-state index in [1.54, 1.807) is 0 Å². The molecule has 0 saturated heterocycles. The van der Waals surface area contributed by atoms with Gasteiger partial charge in [0.25, 0.3) is 0 Å². The zero-order valence-electron chi connectivity index (χ0n) is 12.7. The highest BCUT2D eigenvalue weighted by molar-refractivity contribution is 5.81. The monoisotopic (exact) mass is 280 g/mol. The lowest BCUT2D eigenvalue weighted by Crippen LogP contribution is -2.00. The molecule has 0 bridgehead atoms. The largest absolute Gasteiger partial charge is 0.326 e. The minimum atomic E-state index is 0.537. The molecule has 0 spiro atoms. The molecule has 0 aliphatic rings. The van der Waals surface area contributed by atoms with Crippen molar-refractivity contribution in [1.82, 2.24) is 14.5 Å². The fourth-order valence-corrected chi connectivity index (χ4v) is 2.75. The summed E-state index contributed by atoms with van der Waals surface area (Å²) >= 11 is 0. The quantitative estimate of drug-likeness (QED) is 0.801. The number of rotatable bonds is 3. The first-order chi connectivity index (χ1) is 10.1. The predicted octanol–water partition coefficient (Wildman–Crippen LogP) is 3.19. The molecular formula is C17H20N4. The van der Waals surface area contributed by atoms with Crippen LogP contribution in [-0.4, -0.2) is 14.5 Å². The van der Waals surface area contributed by atoms with E-state index in [1.807, 2.05) is 19.9 Å². The average molecular weight is 280 g/mol. The van der Waals surface area contributed by atoms with E-state index in [4.69, 9.17) is 10.7 Å². The van der Waals surface area contributed by atoms with Crippen molar-refractivity contribution < 1.29 is 0 Å². The van der Waals surface area contributed by atoms with Gasteiger partial charge in [0.1, 0.15) is 5.82 Å². The van der Waals surface area contributed by atoms with Crippen LogP contribution in [0.3, 0.4) is 0 Å². The van der Waals surface area contributed by atoms with Gasteiger partial charge in [-0.05, 0) is 50.6 Å². The highest BCUT2D eigenvalue weighted by Gasteiger charge is 2.14. The predicted molar refractivity (Wildman–Crippen MR) is 86.0 cm³/mol. The van der Waals surface area contributed by atoms with Gasteiger partial charge in [-0.3, -0.25) is 4.98 Å². The number of imidazole rings is 1. The van der Waals surface area contributed by atoms with Gasteiger partial charge in [-0.15, -0.1) is 0 Å². The Morgan fingerprint density at radius 2 is 1.90 bits per heavy atom. The molecule has 0 radical (unpaired) electrons. The van der Waals surface area contributed by atoms with E-state index in [2.05, 4.69) is 40.7 Å². The Kier molecular flexibility index (Phi) is 3.47. The summed E-state index contributed by atoms with van der Waals surface area (Å²) in [5.41, 5.74) is 12.1. The van der Waals surface area contributed by atoms with E-state index in [-0.39, 0.29) is 0 Å². The molecule has 0 aliphatic heterocycles. The number of aromatic nitrogens is 3. The molecule has 0 amide bonds. The normalized spacial score (nSPS) is 11.2. The molecule has 108 valence electrons. The summed E-state index contributed by atoms with van der Waals surface area (Å²) in [6.45, 7) is 7.59. The van der Waals surface area contributed by atoms with E-state index in [1.165, 1.54) is 0 Å². The van der Waals surface area contributed by atoms with E-state index in [0.717, 1.165) is 45.9 Å². The van der Waals surface area contributed by atoms with E-state index >= 15 is 0 Å². The SMILES string of the molecule is CCn1c(-c2ccc(C)nc2C)nc2cc(CN)ccc21. The number of fused-ring (bicyclic) bond motifs is 1. The average Bonchev–Trinajstić information content (AvgIpc) is 2.84. The summed E-state index contributed by atoms with van der Waals surface area (Å²) in [6.07, 6.45) is 0. The molecule has 21 heavy (non-hydrogen) atoms. The number of pyridine rings is 1. The van der Waals surface area contributed by atoms with Crippen molar-refractivity contribution in [3.8, 4) is 11.4 Å². The Morgan fingerprint density at radius 3 is 2.57 bits per heavy atom. The van der Waals surface area contributed by atoms with Crippen LogP contribution in [0.25, 0.3) is 22.4 Å². The van der Waals surface area contributed by atoms with Crippen molar-refractivity contribution in [2.75, 3.05) is 0 Å². The van der Waals surface area contributed by atoms with Gasteiger partial charge >= 0.3 is 0 Å². The molecule has 3 rings (SSSR count). The van der Waals surface area contributed by atoms with E-state index < -0.39 is 0 Å². The second-order valence-electron chi connectivity index (χ2n) is 5.29. The smallest absolute Gasteiger partial charge is 0.142 e. The van der Waals surface area contributed by atoms with Gasteiger partial charge in [0, 0.05) is 30.0 Å². The lowest BCUT2D eigenvalue weighted by atomic mass is 10.1. The summed E-state index contributed by atoms with van der Waals surface area (Å²) in [6, 6.07) is 10.4. The lowest BCUT2D eigenvalue weighted by molar-refractivity contribution is 0.794. The van der Waals surface area contributed by atoms with Gasteiger partial charge in [0.15, 0.2) is 0 Å². The first kappa shape index (κ1) is 13.8. The third-order valence-corrected chi connectivity index (χ3v) is 3.83. The molecule has 0 unspecified atom stereocenters. The number of benzene rings is 1. The van der Waals surface area contributed by atoms with Crippen molar-refractivity contribution in [2.24, 2.45) is 5.73 Å². The highest BCUT2D eigenvalue weighted by atomic mass is 15.1. The number of hydrogen-bond acceptors (Lipinski definition) is 3. The van der Waals surface area contributed by atoms with Gasteiger partial charge in [-0.1, -0.05) is 6.07 Å². The zero-order chi connectivity index (χ0) is 15.0. The Labute approximate surface area is 124 Å². The molecule has 2 N–H and O–H groups in total. The Bertz CT molecular complexity index is 802. The molecule has 1 aromatic carbocycles. The number of aryl methyl sites for hydroxylation is 3. The fourth-order valence-electron chi connectivity index (χ4n) is 2.75. The maximum Gasteiger partial charge on any atom is 0.142 e. The van der Waals surface area contributed by atoms with Crippen molar-refractivity contribution in [3.63, 3.8) is 0 Å². The van der Waals surface area contributed by atoms with Crippen molar-refractivity contribution in [3.05, 3.63) is 47.3 Å². The highest BCUT2D eigenvalue weighted by Crippen LogP contribution is 2.27. The maximum absolute atomic E-state index is 5.73. The van der Waals surface area contributed by atoms with Crippen LogP contribution in [0.15, 0.2) is 30.3 Å². The molecule has 4 heteroatoms. The van der Waals surface area contributed by atoms with Gasteiger partial charge in [-0.25, -0.2) is 4.98 Å². The van der Waals surface area contributed by atoms with Gasteiger partial charge in [0.05, 0.1) is 11.0 Å². The summed E-state index contributed by atoms with van der Waals surface area (Å²) in [5.74, 6) is 0.978. The Balaban J connectivity index is 2.26. The second-order valence-corrected chi connectivity index (χ2v) is 5.29. The Hall–Kier alpha value is -2.20. The van der Waals surface area contributed by atoms with Crippen molar-refractivity contribution >= 4 is 11.0 Å². The van der Waals surface area contributed by atoms with Gasteiger partial charge in [0.2, 0.25) is 0 Å². The lowest BCUT2D eigenvalue weighted by Gasteiger charge is -2.08. The number of hydrogen-bond donors (Lipinski definition) is 1. The Morgan fingerprint density at radius 1 is 1.10 bits per heavy atom. The summed E-state index contributed by atoms with van der Waals surface area (Å²) in [5, 5.41) is 0. The third kappa shape index (κ3) is 2.32. The van der Waals surface area contributed by atoms with Gasteiger partial charge < -0.3 is 10.3 Å². The zero-order valence-corrected chi connectivity index (χ0v) is 12.7. The molecule has 2 heterocycles. The third-order valence-electron chi connectivity index (χ3n) is 3.83. The number of nitrogens with two attached hydrogens (primary N) is 1. The molecule has 2 aromatic heterocycles. The van der Waals surface area contributed by atoms with Crippen LogP contribution in [0.1, 0.15) is 23.9 Å². The van der Waals surface area contributed by atoms with Crippen molar-refractivity contribution in [2.45, 2.75) is 33.9 Å². The molecule has 0 fully saturated rings. The molecule has 0 atom stereocenters. The molecular weight excluding hydrogens is 260 g/mol. The van der Waals surface area contributed by atoms with Crippen LogP contribution < -0.4 is 5.73 Å². The molecule has 0 saturated carbocycles. The van der Waals surface area contributed by atoms with E-state index in [0.29, 0.717) is 6.54 Å².